The van der Waals surface area contributed by atoms with Crippen LogP contribution in [0.3, 0.4) is 0 Å². The SMILES string of the molecule is CC(C)CNC(=O)[C@H](Cc1ccccc1)N(Cc1ccc(Cl)cc1Cl)C(=O)CCN1C(=O)c2ccccc2S1(=O)=O. The van der Waals surface area contributed by atoms with Gasteiger partial charge in [-0.3, -0.25) is 14.4 Å². The maximum atomic E-state index is 13.9. The molecule has 4 rings (SSSR count). The molecule has 0 bridgehead atoms. The van der Waals surface area contributed by atoms with E-state index in [-0.39, 0.29) is 48.2 Å². The summed E-state index contributed by atoms with van der Waals surface area (Å²) in [6.45, 7) is 3.95. The first-order valence-electron chi connectivity index (χ1n) is 13.2. The Kier molecular flexibility index (Phi) is 9.73. The summed E-state index contributed by atoms with van der Waals surface area (Å²) in [6.07, 6.45) is -0.110. The standard InChI is InChI=1S/C30H31Cl2N3O5S/c1-20(2)18-33-29(37)26(16-21-8-4-3-5-9-21)34(19-22-12-13-23(31)17-25(22)32)28(36)14-15-35-30(38)24-10-6-7-11-27(24)41(35,39)40/h3-13,17,20,26H,14-16,18-19H2,1-2H3,(H,33,37)/t26-/m0/s1. The molecule has 3 aromatic carbocycles. The van der Waals surface area contributed by atoms with Crippen LogP contribution < -0.4 is 5.32 Å². The zero-order valence-corrected chi connectivity index (χ0v) is 25.0. The molecule has 216 valence electrons. The summed E-state index contributed by atoms with van der Waals surface area (Å²) >= 11 is 12.5. The number of rotatable bonds is 11. The molecule has 0 spiro atoms. The van der Waals surface area contributed by atoms with Crippen molar-refractivity contribution < 1.29 is 22.8 Å². The van der Waals surface area contributed by atoms with Crippen molar-refractivity contribution in [2.24, 2.45) is 5.92 Å². The molecular formula is C30H31Cl2N3O5S. The molecule has 0 fully saturated rings. The number of carbonyl (C=O) groups is 3. The molecule has 1 N–H and O–H groups in total. The highest BCUT2D eigenvalue weighted by Gasteiger charge is 2.41. The van der Waals surface area contributed by atoms with E-state index in [1.807, 2.05) is 44.2 Å². The molecule has 8 nitrogen and oxygen atoms in total. The summed E-state index contributed by atoms with van der Waals surface area (Å²) in [5, 5.41) is 3.67. The number of benzene rings is 3. The van der Waals surface area contributed by atoms with E-state index in [0.717, 1.165) is 5.56 Å². The Morgan fingerprint density at radius 2 is 1.66 bits per heavy atom. The molecule has 1 heterocycles. The van der Waals surface area contributed by atoms with Crippen molar-refractivity contribution in [3.05, 3.63) is 99.5 Å². The number of nitrogens with one attached hydrogen (secondary N) is 1. The van der Waals surface area contributed by atoms with E-state index in [9.17, 15) is 22.8 Å². The first-order valence-corrected chi connectivity index (χ1v) is 15.4. The minimum Gasteiger partial charge on any atom is -0.354 e. The van der Waals surface area contributed by atoms with Gasteiger partial charge in [-0.25, -0.2) is 12.7 Å². The second-order valence-electron chi connectivity index (χ2n) is 10.2. The van der Waals surface area contributed by atoms with E-state index in [1.165, 1.54) is 17.0 Å². The van der Waals surface area contributed by atoms with Crippen LogP contribution in [0.5, 0.6) is 0 Å². The van der Waals surface area contributed by atoms with Gasteiger partial charge in [0.25, 0.3) is 15.9 Å². The predicted molar refractivity (Wildman–Crippen MR) is 158 cm³/mol. The lowest BCUT2D eigenvalue weighted by molar-refractivity contribution is -0.141. The largest absolute Gasteiger partial charge is 0.354 e. The summed E-state index contributed by atoms with van der Waals surface area (Å²) in [6, 6.07) is 19.2. The van der Waals surface area contributed by atoms with Gasteiger partial charge in [0.05, 0.1) is 5.56 Å². The first-order chi connectivity index (χ1) is 19.5. The third-order valence-electron chi connectivity index (χ3n) is 6.75. The zero-order chi connectivity index (χ0) is 29.7. The van der Waals surface area contributed by atoms with E-state index in [1.54, 1.807) is 30.3 Å². The second-order valence-corrected chi connectivity index (χ2v) is 12.9. The van der Waals surface area contributed by atoms with Gasteiger partial charge in [-0.15, -0.1) is 0 Å². The van der Waals surface area contributed by atoms with Crippen LogP contribution in [0.25, 0.3) is 0 Å². The lowest BCUT2D eigenvalue weighted by Gasteiger charge is -2.32. The molecule has 3 aromatic rings. The molecular weight excluding hydrogens is 585 g/mol. The Hall–Kier alpha value is -3.40. The quantitative estimate of drug-likeness (QED) is 0.329. The van der Waals surface area contributed by atoms with Crippen molar-refractivity contribution >= 4 is 50.9 Å². The summed E-state index contributed by atoms with van der Waals surface area (Å²) in [5.41, 5.74) is 1.47. The Balaban J connectivity index is 1.65. The van der Waals surface area contributed by atoms with E-state index >= 15 is 0 Å². The van der Waals surface area contributed by atoms with Gasteiger partial charge < -0.3 is 10.2 Å². The van der Waals surface area contributed by atoms with Crippen molar-refractivity contribution in [3.8, 4) is 0 Å². The van der Waals surface area contributed by atoms with Gasteiger partial charge in [0.2, 0.25) is 11.8 Å². The summed E-state index contributed by atoms with van der Waals surface area (Å²) in [5.74, 6) is -1.36. The van der Waals surface area contributed by atoms with Gasteiger partial charge in [0.1, 0.15) is 10.9 Å². The molecule has 0 radical (unpaired) electrons. The molecule has 0 saturated carbocycles. The first kappa shape index (κ1) is 30.6. The number of fused-ring (bicyclic) bond motifs is 1. The number of nitrogens with zero attached hydrogens (tertiary/aromatic N) is 2. The van der Waals surface area contributed by atoms with Gasteiger partial charge in [0.15, 0.2) is 0 Å². The van der Waals surface area contributed by atoms with Gasteiger partial charge >= 0.3 is 0 Å². The average Bonchev–Trinajstić information content (AvgIpc) is 3.14. The number of sulfonamides is 1. The van der Waals surface area contributed by atoms with Crippen LogP contribution in [-0.4, -0.2) is 54.5 Å². The van der Waals surface area contributed by atoms with Gasteiger partial charge in [-0.2, -0.15) is 0 Å². The van der Waals surface area contributed by atoms with Crippen LogP contribution in [-0.2, 0) is 32.6 Å². The molecule has 0 saturated heterocycles. The van der Waals surface area contributed by atoms with Gasteiger partial charge in [-0.05, 0) is 41.3 Å². The minimum atomic E-state index is -4.09. The Bertz CT molecular complexity index is 1550. The molecule has 0 aliphatic carbocycles. The summed E-state index contributed by atoms with van der Waals surface area (Å²) in [7, 11) is -4.09. The molecule has 0 unspecified atom stereocenters. The number of hydrogen-bond acceptors (Lipinski definition) is 5. The predicted octanol–water partition coefficient (Wildman–Crippen LogP) is 4.94. The van der Waals surface area contributed by atoms with Crippen LogP contribution in [0.4, 0.5) is 0 Å². The molecule has 1 atom stereocenters. The summed E-state index contributed by atoms with van der Waals surface area (Å²) < 4.78 is 26.8. The molecule has 3 amide bonds. The Labute approximate surface area is 250 Å². The van der Waals surface area contributed by atoms with Gasteiger partial charge in [0, 0.05) is 42.5 Å². The Morgan fingerprint density at radius 1 is 0.976 bits per heavy atom. The smallest absolute Gasteiger partial charge is 0.269 e. The van der Waals surface area contributed by atoms with Crippen molar-refractivity contribution in [3.63, 3.8) is 0 Å². The number of carbonyl (C=O) groups excluding carboxylic acids is 3. The Morgan fingerprint density at radius 3 is 2.32 bits per heavy atom. The molecule has 11 heteroatoms. The lowest BCUT2D eigenvalue weighted by atomic mass is 10.0. The number of halogens is 2. The van der Waals surface area contributed by atoms with E-state index in [0.29, 0.717) is 26.5 Å². The van der Waals surface area contributed by atoms with Crippen LogP contribution in [0.2, 0.25) is 10.0 Å². The molecule has 1 aliphatic heterocycles. The van der Waals surface area contributed by atoms with E-state index < -0.39 is 27.9 Å². The highest BCUT2D eigenvalue weighted by molar-refractivity contribution is 7.90. The zero-order valence-electron chi connectivity index (χ0n) is 22.7. The van der Waals surface area contributed by atoms with E-state index in [2.05, 4.69) is 5.32 Å². The minimum absolute atomic E-state index is 0.0254. The van der Waals surface area contributed by atoms with Crippen molar-refractivity contribution in [2.45, 2.75) is 44.2 Å². The highest BCUT2D eigenvalue weighted by Crippen LogP contribution is 2.30. The van der Waals surface area contributed by atoms with Crippen LogP contribution in [0, 0.1) is 5.92 Å². The highest BCUT2D eigenvalue weighted by atomic mass is 35.5. The number of amides is 3. The second kappa shape index (κ2) is 13.1. The topological polar surface area (TPSA) is 104 Å². The third-order valence-corrected chi connectivity index (χ3v) is 9.18. The van der Waals surface area contributed by atoms with Crippen LogP contribution in [0.15, 0.2) is 77.7 Å². The molecule has 41 heavy (non-hydrogen) atoms. The van der Waals surface area contributed by atoms with Crippen molar-refractivity contribution in [2.75, 3.05) is 13.1 Å². The monoisotopic (exact) mass is 615 g/mol. The van der Waals surface area contributed by atoms with Crippen LogP contribution in [0.1, 0.15) is 41.8 Å². The van der Waals surface area contributed by atoms with Crippen LogP contribution >= 0.6 is 23.2 Å². The molecule has 1 aliphatic rings. The summed E-state index contributed by atoms with van der Waals surface area (Å²) in [4.78, 5) is 41.7. The van der Waals surface area contributed by atoms with Gasteiger partial charge in [-0.1, -0.05) is 85.6 Å². The lowest BCUT2D eigenvalue weighted by Crippen LogP contribution is -2.51. The normalized spacial score (nSPS) is 14.6. The fourth-order valence-electron chi connectivity index (χ4n) is 4.60. The van der Waals surface area contributed by atoms with Crippen molar-refractivity contribution in [1.29, 1.82) is 0 Å². The third kappa shape index (κ3) is 7.09. The average molecular weight is 617 g/mol. The fraction of sp³-hybridized carbons (Fsp3) is 0.300. The van der Waals surface area contributed by atoms with E-state index in [4.69, 9.17) is 23.2 Å². The fourth-order valence-corrected chi connectivity index (χ4v) is 6.64. The van der Waals surface area contributed by atoms with Crippen molar-refractivity contribution in [1.82, 2.24) is 14.5 Å². The molecule has 0 aromatic heterocycles. The maximum absolute atomic E-state index is 13.9. The maximum Gasteiger partial charge on any atom is 0.269 e. The number of hydrogen-bond donors (Lipinski definition) is 1.